The molecule has 0 radical (unpaired) electrons. The normalized spacial score (nSPS) is 10.6. The molecule has 0 fully saturated rings. The van der Waals surface area contributed by atoms with Crippen molar-refractivity contribution in [2.75, 3.05) is 4.90 Å². The van der Waals surface area contributed by atoms with Crippen LogP contribution in [0.15, 0.2) is 24.3 Å². The molecule has 0 saturated carbocycles. The number of anilines is 2. The molecule has 1 aromatic carbocycles. The summed E-state index contributed by atoms with van der Waals surface area (Å²) >= 11 is 2.62. The molecule has 0 atom stereocenters. The predicted molar refractivity (Wildman–Crippen MR) is 87.6 cm³/mol. The highest BCUT2D eigenvalue weighted by molar-refractivity contribution is 7.22. The van der Waals surface area contributed by atoms with Gasteiger partial charge in [-0.1, -0.05) is 34.9 Å². The average Bonchev–Trinajstić information content (AvgIpc) is 3.18. The van der Waals surface area contributed by atoms with E-state index in [1.807, 2.05) is 31.2 Å². The molecule has 0 aliphatic carbocycles. The highest BCUT2D eigenvalue weighted by Gasteiger charge is 2.17. The highest BCUT2D eigenvalue weighted by atomic mass is 32.1. The first-order valence-corrected chi connectivity index (χ1v) is 8.28. The monoisotopic (exact) mass is 331 g/mol. The summed E-state index contributed by atoms with van der Waals surface area (Å²) in [5, 5.41) is 13.5. The fourth-order valence-electron chi connectivity index (χ4n) is 1.94. The molecule has 1 amide bonds. The zero-order valence-corrected chi connectivity index (χ0v) is 13.7. The maximum atomic E-state index is 11.5. The van der Waals surface area contributed by atoms with E-state index in [0.29, 0.717) is 5.13 Å². The summed E-state index contributed by atoms with van der Waals surface area (Å²) < 4.78 is 3.90. The average molecular weight is 331 g/mol. The Hall–Kier alpha value is -2.19. The van der Waals surface area contributed by atoms with Crippen LogP contribution in [0.5, 0.6) is 0 Å². The van der Waals surface area contributed by atoms with Crippen LogP contribution in [0.2, 0.25) is 0 Å². The Labute approximate surface area is 135 Å². The summed E-state index contributed by atoms with van der Waals surface area (Å²) in [6.45, 7) is 3.97. The minimum atomic E-state index is 0.530. The Morgan fingerprint density at radius 3 is 2.55 bits per heavy atom. The minimum Gasteiger partial charge on any atom is -0.278 e. The summed E-state index contributed by atoms with van der Waals surface area (Å²) in [5.74, 6) is 0. The van der Waals surface area contributed by atoms with E-state index in [1.165, 1.54) is 33.3 Å². The van der Waals surface area contributed by atoms with Gasteiger partial charge < -0.3 is 0 Å². The van der Waals surface area contributed by atoms with E-state index in [9.17, 15) is 4.79 Å². The van der Waals surface area contributed by atoms with Gasteiger partial charge in [-0.2, -0.15) is 0 Å². The van der Waals surface area contributed by atoms with Crippen LogP contribution in [0.25, 0.3) is 9.88 Å². The number of aryl methyl sites for hydroxylation is 2. The molecule has 2 heterocycles. The van der Waals surface area contributed by atoms with Gasteiger partial charge in [-0.15, -0.1) is 15.3 Å². The van der Waals surface area contributed by atoms with E-state index in [4.69, 9.17) is 0 Å². The quantitative estimate of drug-likeness (QED) is 0.671. The Kier molecular flexibility index (Phi) is 4.21. The third-order valence-corrected chi connectivity index (χ3v) is 5.10. The first-order chi connectivity index (χ1) is 10.7. The second-order valence-electron chi connectivity index (χ2n) is 4.57. The van der Waals surface area contributed by atoms with Crippen LogP contribution < -0.4 is 4.90 Å². The molecule has 3 rings (SSSR count). The van der Waals surface area contributed by atoms with Crippen LogP contribution in [0.3, 0.4) is 0 Å². The predicted octanol–water partition coefficient (Wildman–Crippen LogP) is 3.22. The zero-order valence-electron chi connectivity index (χ0n) is 12.1. The summed E-state index contributed by atoms with van der Waals surface area (Å²) in [4.78, 5) is 13.8. The van der Waals surface area contributed by atoms with Gasteiger partial charge in [0.2, 0.25) is 11.5 Å². The molecule has 0 unspecified atom stereocenters. The highest BCUT2D eigenvalue weighted by Crippen LogP contribution is 2.34. The van der Waals surface area contributed by atoms with Crippen molar-refractivity contribution >= 4 is 40.1 Å². The van der Waals surface area contributed by atoms with Crippen molar-refractivity contribution in [3.05, 3.63) is 35.5 Å². The van der Waals surface area contributed by atoms with Crippen molar-refractivity contribution in [2.45, 2.75) is 20.3 Å². The Bertz CT molecular complexity index is 781. The number of hydrogen-bond acceptors (Lipinski definition) is 7. The molecule has 0 aliphatic rings. The van der Waals surface area contributed by atoms with Crippen molar-refractivity contribution in [3.63, 3.8) is 0 Å². The van der Waals surface area contributed by atoms with Gasteiger partial charge in [-0.05, 0) is 42.6 Å². The number of carbonyl (C=O) groups excluding carboxylic acids is 1. The minimum absolute atomic E-state index is 0.530. The first kappa shape index (κ1) is 14.7. The largest absolute Gasteiger partial charge is 0.278 e. The van der Waals surface area contributed by atoms with Gasteiger partial charge in [0.1, 0.15) is 4.88 Å². The molecule has 0 spiro atoms. The second-order valence-corrected chi connectivity index (χ2v) is 6.28. The summed E-state index contributed by atoms with van der Waals surface area (Å²) in [6, 6.07) is 7.83. The van der Waals surface area contributed by atoms with E-state index in [-0.39, 0.29) is 0 Å². The van der Waals surface area contributed by atoms with Crippen molar-refractivity contribution in [1.29, 1.82) is 0 Å². The summed E-state index contributed by atoms with van der Waals surface area (Å²) in [6.07, 6.45) is 1.71. The standard InChI is InChI=1S/C14H13N5OS2/c1-3-10-4-6-11(7-5-10)19(8-20)14-17-16-13(21-14)12-9(2)15-18-22-12/h4-8H,3H2,1-2H3. The molecule has 0 N–H and O–H groups in total. The molecule has 0 saturated heterocycles. The molecule has 2 aromatic heterocycles. The van der Waals surface area contributed by atoms with Crippen molar-refractivity contribution < 1.29 is 4.79 Å². The van der Waals surface area contributed by atoms with Crippen molar-refractivity contribution in [3.8, 4) is 9.88 Å². The molecular formula is C14H13N5OS2. The van der Waals surface area contributed by atoms with Gasteiger partial charge in [0, 0.05) is 0 Å². The Morgan fingerprint density at radius 1 is 1.18 bits per heavy atom. The lowest BCUT2D eigenvalue weighted by Gasteiger charge is -2.13. The molecule has 0 bridgehead atoms. The molecule has 6 nitrogen and oxygen atoms in total. The summed E-state index contributed by atoms with van der Waals surface area (Å²) in [7, 11) is 0. The molecule has 8 heteroatoms. The SMILES string of the molecule is CCc1ccc(N(C=O)c2nnc(-c3snnc3C)s2)cc1. The van der Waals surface area contributed by atoms with E-state index < -0.39 is 0 Å². The third kappa shape index (κ3) is 2.75. The van der Waals surface area contributed by atoms with Gasteiger partial charge in [0.25, 0.3) is 0 Å². The Morgan fingerprint density at radius 2 is 1.95 bits per heavy atom. The van der Waals surface area contributed by atoms with Gasteiger partial charge in [0.05, 0.1) is 11.4 Å². The van der Waals surface area contributed by atoms with Gasteiger partial charge in [-0.25, -0.2) is 0 Å². The lowest BCUT2D eigenvalue weighted by Crippen LogP contribution is -2.13. The summed E-state index contributed by atoms with van der Waals surface area (Å²) in [5.41, 5.74) is 2.81. The first-order valence-electron chi connectivity index (χ1n) is 6.69. The van der Waals surface area contributed by atoms with Crippen LogP contribution in [0.1, 0.15) is 18.2 Å². The van der Waals surface area contributed by atoms with Crippen LogP contribution >= 0.6 is 22.9 Å². The van der Waals surface area contributed by atoms with Crippen LogP contribution in [-0.4, -0.2) is 26.2 Å². The molecule has 22 heavy (non-hydrogen) atoms. The maximum Gasteiger partial charge on any atom is 0.220 e. The smallest absolute Gasteiger partial charge is 0.220 e. The lowest BCUT2D eigenvalue weighted by molar-refractivity contribution is -0.106. The van der Waals surface area contributed by atoms with E-state index in [1.54, 1.807) is 0 Å². The number of amides is 1. The van der Waals surface area contributed by atoms with Crippen LogP contribution in [0, 0.1) is 6.92 Å². The molecular weight excluding hydrogens is 318 g/mol. The van der Waals surface area contributed by atoms with Gasteiger partial charge in [-0.3, -0.25) is 9.69 Å². The fourth-order valence-corrected chi connectivity index (χ4v) is 3.54. The molecule has 0 aliphatic heterocycles. The van der Waals surface area contributed by atoms with Gasteiger partial charge in [0.15, 0.2) is 5.01 Å². The third-order valence-electron chi connectivity index (χ3n) is 3.19. The van der Waals surface area contributed by atoms with E-state index in [2.05, 4.69) is 26.7 Å². The number of rotatable bonds is 5. The second kappa shape index (κ2) is 6.29. The van der Waals surface area contributed by atoms with E-state index in [0.717, 1.165) is 34.1 Å². The topological polar surface area (TPSA) is 71.9 Å². The van der Waals surface area contributed by atoms with Crippen LogP contribution in [-0.2, 0) is 11.2 Å². The number of nitrogens with zero attached hydrogens (tertiary/aromatic N) is 5. The fraction of sp³-hybridized carbons (Fsp3) is 0.214. The van der Waals surface area contributed by atoms with Crippen LogP contribution in [0.4, 0.5) is 10.8 Å². The molecule has 3 aromatic rings. The lowest BCUT2D eigenvalue weighted by atomic mass is 10.1. The zero-order chi connectivity index (χ0) is 15.5. The number of carbonyl (C=O) groups is 1. The Balaban J connectivity index is 1.92. The molecule has 112 valence electrons. The number of aromatic nitrogens is 4. The van der Waals surface area contributed by atoms with Crippen molar-refractivity contribution in [1.82, 2.24) is 19.8 Å². The van der Waals surface area contributed by atoms with Crippen molar-refractivity contribution in [2.24, 2.45) is 0 Å². The maximum absolute atomic E-state index is 11.5. The number of benzene rings is 1. The number of hydrogen-bond donors (Lipinski definition) is 0. The van der Waals surface area contributed by atoms with Gasteiger partial charge >= 0.3 is 0 Å². The van der Waals surface area contributed by atoms with E-state index >= 15 is 0 Å².